The number of nitrogens with zero attached hydrogens (tertiary/aromatic N) is 5. The maximum Gasteiger partial charge on any atom is 0.252 e. The maximum atomic E-state index is 12.9. The van der Waals surface area contributed by atoms with Gasteiger partial charge in [-0.2, -0.15) is 5.21 Å². The van der Waals surface area contributed by atoms with Crippen LogP contribution in [-0.2, 0) is 0 Å². The Labute approximate surface area is 148 Å². The fourth-order valence-electron chi connectivity index (χ4n) is 2.73. The second-order valence-electron chi connectivity index (χ2n) is 5.77. The van der Waals surface area contributed by atoms with E-state index in [1.165, 1.54) is 0 Å². The quantitative estimate of drug-likeness (QED) is 0.587. The van der Waals surface area contributed by atoms with Gasteiger partial charge in [-0.3, -0.25) is 9.78 Å². The first-order chi connectivity index (χ1) is 12.7. The molecule has 1 aromatic carbocycles. The number of hydrogen-bond donors (Lipinski definition) is 2. The van der Waals surface area contributed by atoms with Crippen LogP contribution in [0.2, 0.25) is 0 Å². The van der Waals surface area contributed by atoms with Crippen LogP contribution in [0.3, 0.4) is 0 Å². The van der Waals surface area contributed by atoms with Crippen molar-refractivity contribution in [1.29, 1.82) is 0 Å². The van der Waals surface area contributed by atoms with E-state index in [1.807, 2.05) is 36.4 Å². The molecule has 0 spiro atoms. The van der Waals surface area contributed by atoms with Crippen LogP contribution in [0.5, 0.6) is 0 Å². The largest absolute Gasteiger partial charge is 0.342 e. The summed E-state index contributed by atoms with van der Waals surface area (Å²) in [5, 5.41) is 17.4. The van der Waals surface area contributed by atoms with Gasteiger partial charge in [-0.15, -0.1) is 10.2 Å². The number of tetrazole rings is 1. The van der Waals surface area contributed by atoms with Crippen molar-refractivity contribution in [2.75, 3.05) is 0 Å². The maximum absolute atomic E-state index is 12.9. The van der Waals surface area contributed by atoms with Crippen LogP contribution in [0, 0.1) is 0 Å². The second kappa shape index (κ2) is 6.67. The second-order valence-corrected chi connectivity index (χ2v) is 5.77. The zero-order chi connectivity index (χ0) is 17.9. The first-order valence-corrected chi connectivity index (χ1v) is 8.07. The number of amides is 1. The van der Waals surface area contributed by atoms with Crippen LogP contribution >= 0.6 is 0 Å². The summed E-state index contributed by atoms with van der Waals surface area (Å²) in [6, 6.07) is 12.7. The zero-order valence-corrected chi connectivity index (χ0v) is 13.9. The number of hydrogen-bond acceptors (Lipinski definition) is 6. The van der Waals surface area contributed by atoms with Crippen molar-refractivity contribution >= 4 is 16.8 Å². The van der Waals surface area contributed by atoms with E-state index >= 15 is 0 Å². The van der Waals surface area contributed by atoms with E-state index in [9.17, 15) is 4.79 Å². The molecule has 0 saturated carbocycles. The summed E-state index contributed by atoms with van der Waals surface area (Å²) in [6.45, 7) is 1.80. The predicted molar refractivity (Wildman–Crippen MR) is 95.0 cm³/mol. The number of aromatic nitrogens is 6. The van der Waals surface area contributed by atoms with Crippen LogP contribution in [0.4, 0.5) is 0 Å². The Morgan fingerprint density at radius 2 is 1.96 bits per heavy atom. The molecule has 0 radical (unpaired) electrons. The molecule has 2 N–H and O–H groups in total. The zero-order valence-electron chi connectivity index (χ0n) is 13.9. The average Bonchev–Trinajstić information content (AvgIpc) is 3.23. The highest BCUT2D eigenvalue weighted by Gasteiger charge is 2.18. The first-order valence-electron chi connectivity index (χ1n) is 8.07. The number of rotatable bonds is 4. The molecule has 0 fully saturated rings. The standard InChI is InChI=1S/C18H15N7O/c1-11(17-22-24-25-23-17)20-18(26)14-10-16(12-6-8-19-9-7-12)21-15-5-3-2-4-13(14)15/h2-11H,1H3,(H,20,26)(H,22,23,24,25)/t11-/m1/s1. The number of fused-ring (bicyclic) bond motifs is 1. The van der Waals surface area contributed by atoms with E-state index in [-0.39, 0.29) is 11.9 Å². The van der Waals surface area contributed by atoms with Gasteiger partial charge in [0.25, 0.3) is 5.91 Å². The van der Waals surface area contributed by atoms with E-state index in [1.54, 1.807) is 25.4 Å². The normalized spacial score (nSPS) is 12.0. The van der Waals surface area contributed by atoms with Crippen LogP contribution in [-0.4, -0.2) is 36.5 Å². The average molecular weight is 345 g/mol. The molecule has 4 rings (SSSR count). The summed E-state index contributed by atoms with van der Waals surface area (Å²) in [7, 11) is 0. The number of H-pyrrole nitrogens is 1. The van der Waals surface area contributed by atoms with Crippen molar-refractivity contribution < 1.29 is 4.79 Å². The van der Waals surface area contributed by atoms with E-state index in [4.69, 9.17) is 0 Å². The Balaban J connectivity index is 1.76. The fraction of sp³-hybridized carbons (Fsp3) is 0.111. The van der Waals surface area contributed by atoms with Gasteiger partial charge in [0.1, 0.15) is 0 Å². The molecule has 1 atom stereocenters. The molecule has 8 heteroatoms. The van der Waals surface area contributed by atoms with E-state index < -0.39 is 0 Å². The third-order valence-corrected chi connectivity index (χ3v) is 4.03. The molecular formula is C18H15N7O. The topological polar surface area (TPSA) is 109 Å². The number of carbonyl (C=O) groups excluding carboxylic acids is 1. The number of carbonyl (C=O) groups is 1. The summed E-state index contributed by atoms with van der Waals surface area (Å²) < 4.78 is 0. The van der Waals surface area contributed by atoms with Crippen molar-refractivity contribution in [2.24, 2.45) is 0 Å². The van der Waals surface area contributed by atoms with Gasteiger partial charge in [0.2, 0.25) is 0 Å². The molecule has 3 heterocycles. The molecule has 128 valence electrons. The number of benzene rings is 1. The van der Waals surface area contributed by atoms with Gasteiger partial charge in [-0.1, -0.05) is 23.4 Å². The van der Waals surface area contributed by atoms with E-state index in [0.717, 1.165) is 16.5 Å². The molecule has 0 aliphatic carbocycles. The monoisotopic (exact) mass is 345 g/mol. The lowest BCUT2D eigenvalue weighted by molar-refractivity contribution is 0.0940. The van der Waals surface area contributed by atoms with Gasteiger partial charge < -0.3 is 5.32 Å². The minimum Gasteiger partial charge on any atom is -0.342 e. The Morgan fingerprint density at radius 1 is 1.15 bits per heavy atom. The van der Waals surface area contributed by atoms with Crippen molar-refractivity contribution in [2.45, 2.75) is 13.0 Å². The highest BCUT2D eigenvalue weighted by molar-refractivity contribution is 6.07. The van der Waals surface area contributed by atoms with Crippen molar-refractivity contribution in [1.82, 2.24) is 35.9 Å². The van der Waals surface area contributed by atoms with Crippen molar-refractivity contribution in [3.63, 3.8) is 0 Å². The number of pyridine rings is 2. The van der Waals surface area contributed by atoms with E-state index in [0.29, 0.717) is 17.1 Å². The molecule has 3 aromatic heterocycles. The lowest BCUT2D eigenvalue weighted by atomic mass is 10.0. The van der Waals surface area contributed by atoms with Gasteiger partial charge in [-0.25, -0.2) is 4.98 Å². The Hall–Kier alpha value is -3.68. The third kappa shape index (κ3) is 3.00. The predicted octanol–water partition coefficient (Wildman–Crippen LogP) is 2.30. The molecule has 1 amide bonds. The van der Waals surface area contributed by atoms with Crippen LogP contribution in [0.25, 0.3) is 22.2 Å². The summed E-state index contributed by atoms with van der Waals surface area (Å²) in [5.41, 5.74) is 2.89. The first kappa shape index (κ1) is 15.8. The van der Waals surface area contributed by atoms with Crippen LogP contribution < -0.4 is 5.32 Å². The molecule has 0 aliphatic heterocycles. The SMILES string of the molecule is C[C@@H](NC(=O)c1cc(-c2ccncc2)nc2ccccc12)c1nn[nH]n1. The van der Waals surface area contributed by atoms with Gasteiger partial charge >= 0.3 is 0 Å². The number of aromatic amines is 1. The smallest absolute Gasteiger partial charge is 0.252 e. The highest BCUT2D eigenvalue weighted by Crippen LogP contribution is 2.25. The van der Waals surface area contributed by atoms with Crippen molar-refractivity contribution in [3.05, 3.63) is 66.2 Å². The Kier molecular flexibility index (Phi) is 4.06. The van der Waals surface area contributed by atoms with Gasteiger partial charge in [0, 0.05) is 23.3 Å². The lowest BCUT2D eigenvalue weighted by Crippen LogP contribution is -2.27. The molecular weight excluding hydrogens is 330 g/mol. The van der Waals surface area contributed by atoms with Crippen LogP contribution in [0.1, 0.15) is 29.1 Å². The molecule has 4 aromatic rings. The molecule has 26 heavy (non-hydrogen) atoms. The third-order valence-electron chi connectivity index (χ3n) is 4.03. The molecule has 0 saturated heterocycles. The highest BCUT2D eigenvalue weighted by atomic mass is 16.1. The van der Waals surface area contributed by atoms with Gasteiger partial charge in [0.05, 0.1) is 22.8 Å². The summed E-state index contributed by atoms with van der Waals surface area (Å²) in [6.07, 6.45) is 3.40. The summed E-state index contributed by atoms with van der Waals surface area (Å²) in [4.78, 5) is 21.6. The minimum atomic E-state index is -0.377. The summed E-state index contributed by atoms with van der Waals surface area (Å²) in [5.74, 6) is 0.197. The molecule has 0 aliphatic rings. The van der Waals surface area contributed by atoms with Crippen molar-refractivity contribution in [3.8, 4) is 11.3 Å². The van der Waals surface area contributed by atoms with E-state index in [2.05, 4.69) is 35.9 Å². The van der Waals surface area contributed by atoms with Gasteiger partial charge in [0.15, 0.2) is 5.82 Å². The minimum absolute atomic E-state index is 0.226. The van der Waals surface area contributed by atoms with Gasteiger partial charge in [-0.05, 0) is 31.2 Å². The Morgan fingerprint density at radius 3 is 2.73 bits per heavy atom. The fourth-order valence-corrected chi connectivity index (χ4v) is 2.73. The number of para-hydroxylation sites is 1. The van der Waals surface area contributed by atoms with Crippen LogP contribution in [0.15, 0.2) is 54.9 Å². The molecule has 0 unspecified atom stereocenters. The molecule has 8 nitrogen and oxygen atoms in total. The lowest BCUT2D eigenvalue weighted by Gasteiger charge is -2.13. The molecule has 0 bridgehead atoms. The summed E-state index contributed by atoms with van der Waals surface area (Å²) >= 11 is 0. The Bertz CT molecular complexity index is 1050. The number of nitrogens with one attached hydrogen (secondary N) is 2.